The number of likely N-dealkylation sites (N-methyl/N-ethyl adjacent to an activating group) is 1. The number of allylic oxidation sites excluding steroid dienone is 1. The molecule has 1 aromatic rings. The van der Waals surface area contributed by atoms with Crippen LogP contribution in [-0.2, 0) is 16.1 Å². The molecule has 3 amide bonds. The van der Waals surface area contributed by atoms with Crippen molar-refractivity contribution >= 4 is 17.7 Å². The van der Waals surface area contributed by atoms with Crippen LogP contribution >= 0.6 is 0 Å². The normalized spacial score (nSPS) is 27.6. The van der Waals surface area contributed by atoms with Gasteiger partial charge in [-0.1, -0.05) is 31.2 Å². The number of hydrogen-bond acceptors (Lipinski definition) is 6. The number of ether oxygens (including phenoxy) is 1. The van der Waals surface area contributed by atoms with Gasteiger partial charge in [0.05, 0.1) is 13.2 Å². The molecule has 0 bridgehead atoms. The van der Waals surface area contributed by atoms with Crippen molar-refractivity contribution in [2.75, 3.05) is 46.4 Å². The molecule has 8 nitrogen and oxygen atoms in total. The predicted molar refractivity (Wildman–Crippen MR) is 132 cm³/mol. The van der Waals surface area contributed by atoms with Crippen LogP contribution in [0.4, 0.5) is 0 Å². The van der Waals surface area contributed by atoms with Crippen LogP contribution in [0.5, 0.6) is 5.75 Å². The molecule has 3 heterocycles. The van der Waals surface area contributed by atoms with Gasteiger partial charge in [0.15, 0.2) is 0 Å². The molecule has 3 aliphatic heterocycles. The van der Waals surface area contributed by atoms with E-state index < -0.39 is 11.9 Å². The molecule has 5 rings (SSSR count). The highest BCUT2D eigenvalue weighted by Crippen LogP contribution is 2.34. The smallest absolute Gasteiger partial charge is 0.255 e. The van der Waals surface area contributed by atoms with Crippen molar-refractivity contribution in [3.63, 3.8) is 0 Å². The molecule has 8 heteroatoms. The van der Waals surface area contributed by atoms with E-state index in [1.807, 2.05) is 12.1 Å². The van der Waals surface area contributed by atoms with Gasteiger partial charge in [0.1, 0.15) is 11.8 Å². The number of fused-ring (bicyclic) bond motifs is 1. The fourth-order valence-corrected chi connectivity index (χ4v) is 5.39. The largest absolute Gasteiger partial charge is 0.493 e. The molecule has 3 unspecified atom stereocenters. The fraction of sp³-hybridized carbons (Fsp3) is 0.519. The van der Waals surface area contributed by atoms with Crippen molar-refractivity contribution in [2.45, 2.75) is 32.4 Å². The minimum Gasteiger partial charge on any atom is -0.493 e. The van der Waals surface area contributed by atoms with Crippen LogP contribution in [0.15, 0.2) is 42.0 Å². The third-order valence-electron chi connectivity index (χ3n) is 7.68. The van der Waals surface area contributed by atoms with Gasteiger partial charge in [-0.15, -0.1) is 0 Å². The Balaban J connectivity index is 1.20. The molecule has 0 radical (unpaired) electrons. The highest BCUT2D eigenvalue weighted by atomic mass is 16.5. The third-order valence-corrected chi connectivity index (χ3v) is 7.68. The zero-order valence-corrected chi connectivity index (χ0v) is 20.5. The first-order valence-corrected chi connectivity index (χ1v) is 12.6. The van der Waals surface area contributed by atoms with Gasteiger partial charge in [-0.3, -0.25) is 24.6 Å². The molecule has 1 aromatic carbocycles. The van der Waals surface area contributed by atoms with Crippen LogP contribution in [0.2, 0.25) is 0 Å². The first-order valence-electron chi connectivity index (χ1n) is 12.6. The number of piperidine rings is 1. The van der Waals surface area contributed by atoms with Crippen molar-refractivity contribution in [2.24, 2.45) is 11.8 Å². The van der Waals surface area contributed by atoms with E-state index in [0.29, 0.717) is 36.8 Å². The topological polar surface area (TPSA) is 82.2 Å². The van der Waals surface area contributed by atoms with E-state index in [-0.39, 0.29) is 24.2 Å². The Labute approximate surface area is 206 Å². The zero-order valence-electron chi connectivity index (χ0n) is 20.5. The molecule has 2 fully saturated rings. The standard InChI is InChI=1S/C27H34N4O4/c1-18-14-19(15-30-12-10-29(2)11-13-30)6-7-20(18)17-35-24-5-3-4-21-22(24)16-31(27(21)34)23-8-9-25(32)28-26(23)33/h3-7,14,18,20,23H,8-13,15-17H2,1-2H3,(H,28,32,33). The Morgan fingerprint density at radius 2 is 1.91 bits per heavy atom. The van der Waals surface area contributed by atoms with Gasteiger partial charge in [-0.25, -0.2) is 0 Å². The number of piperazine rings is 1. The summed E-state index contributed by atoms with van der Waals surface area (Å²) in [6.45, 7) is 8.52. The lowest BCUT2D eigenvalue weighted by atomic mass is 9.87. The maximum atomic E-state index is 13.0. The van der Waals surface area contributed by atoms with Gasteiger partial charge in [-0.2, -0.15) is 0 Å². The lowest BCUT2D eigenvalue weighted by molar-refractivity contribution is -0.136. The van der Waals surface area contributed by atoms with Gasteiger partial charge < -0.3 is 14.5 Å². The van der Waals surface area contributed by atoms with Crippen molar-refractivity contribution in [3.8, 4) is 5.75 Å². The number of imide groups is 1. The Bertz CT molecular complexity index is 1070. The van der Waals surface area contributed by atoms with E-state index in [9.17, 15) is 14.4 Å². The number of hydrogen-bond donors (Lipinski definition) is 1. The van der Waals surface area contributed by atoms with E-state index in [4.69, 9.17) is 4.74 Å². The molecule has 4 aliphatic rings. The number of rotatable bonds is 6. The van der Waals surface area contributed by atoms with Crippen LogP contribution in [0.1, 0.15) is 35.7 Å². The fourth-order valence-electron chi connectivity index (χ4n) is 5.39. The summed E-state index contributed by atoms with van der Waals surface area (Å²) in [6.07, 6.45) is 7.44. The Hall–Kier alpha value is -2.97. The Kier molecular flexibility index (Phi) is 6.75. The summed E-state index contributed by atoms with van der Waals surface area (Å²) in [5, 5.41) is 2.35. The van der Waals surface area contributed by atoms with Crippen LogP contribution < -0.4 is 10.1 Å². The lowest BCUT2D eigenvalue weighted by Crippen LogP contribution is -2.52. The predicted octanol–water partition coefficient (Wildman–Crippen LogP) is 1.82. The molecule has 1 aliphatic carbocycles. The highest BCUT2D eigenvalue weighted by Gasteiger charge is 2.40. The van der Waals surface area contributed by atoms with Crippen LogP contribution in [0, 0.1) is 11.8 Å². The van der Waals surface area contributed by atoms with Gasteiger partial charge >= 0.3 is 0 Å². The lowest BCUT2D eigenvalue weighted by Gasteiger charge is -2.33. The second kappa shape index (κ2) is 9.95. The van der Waals surface area contributed by atoms with Gasteiger partial charge in [0, 0.05) is 56.2 Å². The van der Waals surface area contributed by atoms with E-state index in [1.165, 1.54) is 5.57 Å². The molecule has 2 saturated heterocycles. The quantitative estimate of drug-likeness (QED) is 0.629. The molecule has 3 atom stereocenters. The first-order chi connectivity index (χ1) is 16.9. The van der Waals surface area contributed by atoms with Crippen LogP contribution in [-0.4, -0.2) is 84.8 Å². The number of amides is 3. The maximum absolute atomic E-state index is 13.0. The SMILES string of the molecule is CC1C=C(CN2CCN(C)CC2)C=CC1COc1cccc2c1CN(C1CCC(=O)NC1=O)C2=O. The molecule has 186 valence electrons. The van der Waals surface area contributed by atoms with Gasteiger partial charge in [0.2, 0.25) is 11.8 Å². The summed E-state index contributed by atoms with van der Waals surface area (Å²) in [7, 11) is 2.17. The third kappa shape index (κ3) is 5.04. The second-order valence-electron chi connectivity index (χ2n) is 10.2. The molecule has 35 heavy (non-hydrogen) atoms. The van der Waals surface area contributed by atoms with Crippen LogP contribution in [0.3, 0.4) is 0 Å². The van der Waals surface area contributed by atoms with Crippen molar-refractivity contribution in [1.82, 2.24) is 20.0 Å². The highest BCUT2D eigenvalue weighted by molar-refractivity contribution is 6.05. The number of benzene rings is 1. The Morgan fingerprint density at radius 1 is 1.11 bits per heavy atom. The summed E-state index contributed by atoms with van der Waals surface area (Å²) >= 11 is 0. The molecule has 0 spiro atoms. The summed E-state index contributed by atoms with van der Waals surface area (Å²) in [4.78, 5) is 43.3. The maximum Gasteiger partial charge on any atom is 0.255 e. The molecule has 0 aromatic heterocycles. The summed E-state index contributed by atoms with van der Waals surface area (Å²) in [6, 6.07) is 4.89. The van der Waals surface area contributed by atoms with E-state index in [0.717, 1.165) is 38.3 Å². The summed E-state index contributed by atoms with van der Waals surface area (Å²) < 4.78 is 6.25. The average Bonchev–Trinajstić information content (AvgIpc) is 3.17. The summed E-state index contributed by atoms with van der Waals surface area (Å²) in [5.41, 5.74) is 2.76. The van der Waals surface area contributed by atoms with E-state index in [1.54, 1.807) is 11.0 Å². The number of carbonyl (C=O) groups excluding carboxylic acids is 3. The van der Waals surface area contributed by atoms with E-state index in [2.05, 4.69) is 47.3 Å². The van der Waals surface area contributed by atoms with E-state index >= 15 is 0 Å². The summed E-state index contributed by atoms with van der Waals surface area (Å²) in [5.74, 6) is 0.451. The van der Waals surface area contributed by atoms with Gasteiger partial charge in [-0.05, 0) is 37.1 Å². The molecule has 1 N–H and O–H groups in total. The number of nitrogens with one attached hydrogen (secondary N) is 1. The molecule has 0 saturated carbocycles. The van der Waals surface area contributed by atoms with Crippen molar-refractivity contribution in [3.05, 3.63) is 53.1 Å². The monoisotopic (exact) mass is 478 g/mol. The minimum absolute atomic E-state index is 0.178. The van der Waals surface area contributed by atoms with Crippen molar-refractivity contribution in [1.29, 1.82) is 0 Å². The molecular weight excluding hydrogens is 444 g/mol. The van der Waals surface area contributed by atoms with Crippen LogP contribution in [0.25, 0.3) is 0 Å². The van der Waals surface area contributed by atoms with Gasteiger partial charge in [0.25, 0.3) is 5.91 Å². The van der Waals surface area contributed by atoms with Crippen molar-refractivity contribution < 1.29 is 19.1 Å². The first kappa shape index (κ1) is 23.8. The number of nitrogens with zero attached hydrogens (tertiary/aromatic N) is 3. The molecular formula is C27H34N4O4. The minimum atomic E-state index is -0.620. The zero-order chi connectivity index (χ0) is 24.5. The Morgan fingerprint density at radius 3 is 2.66 bits per heavy atom. The average molecular weight is 479 g/mol. The second-order valence-corrected chi connectivity index (χ2v) is 10.2. The number of carbonyl (C=O) groups is 3.